The van der Waals surface area contributed by atoms with Crippen LogP contribution in [0.1, 0.15) is 6.92 Å². The summed E-state index contributed by atoms with van der Waals surface area (Å²) in [4.78, 5) is 50.7. The number of amides is 4. The fourth-order valence-corrected chi connectivity index (χ4v) is 5.81. The molecule has 0 spiro atoms. The van der Waals surface area contributed by atoms with Crippen LogP contribution in [-0.4, -0.2) is 85.8 Å². The lowest BCUT2D eigenvalue weighted by Gasteiger charge is -2.40. The summed E-state index contributed by atoms with van der Waals surface area (Å²) in [6, 6.07) is 13.0. The molecule has 1 aliphatic rings. The van der Waals surface area contributed by atoms with E-state index in [1.165, 1.54) is 87.0 Å². The Balaban J connectivity index is 1.28. The zero-order chi connectivity index (χ0) is 36.2. The SMILES string of the molecule is COC[C@H](C)N1CC(C(=O)Nc2ccc(Oc3ccnc(Nc4ccc(S(=O)(=O)N(C)C)cn4)c3)c(F)c2)C(=O)N(c2ccc(F)cc2)C1=O. The van der Waals surface area contributed by atoms with Gasteiger partial charge in [-0.15, -0.1) is 0 Å². The van der Waals surface area contributed by atoms with Crippen molar-refractivity contribution < 1.29 is 41.1 Å². The molecule has 14 nitrogen and oxygen atoms in total. The Labute approximate surface area is 286 Å². The second kappa shape index (κ2) is 14.9. The number of halogens is 2. The minimum absolute atomic E-state index is 0.0132. The van der Waals surface area contributed by atoms with Crippen molar-refractivity contribution in [3.05, 3.63) is 90.8 Å². The molecule has 3 heterocycles. The van der Waals surface area contributed by atoms with Crippen LogP contribution >= 0.6 is 0 Å². The number of benzene rings is 2. The highest BCUT2D eigenvalue weighted by molar-refractivity contribution is 7.89. The molecule has 1 aliphatic heterocycles. The van der Waals surface area contributed by atoms with E-state index >= 15 is 4.39 Å². The fraction of sp³-hybridized carbons (Fsp3) is 0.242. The van der Waals surface area contributed by atoms with Crippen LogP contribution in [0.4, 0.5) is 36.6 Å². The van der Waals surface area contributed by atoms with Gasteiger partial charge < -0.3 is 25.0 Å². The van der Waals surface area contributed by atoms with Gasteiger partial charge in [0.25, 0.3) is 0 Å². The minimum atomic E-state index is -3.65. The number of urea groups is 1. The Hall–Kier alpha value is -5.52. The van der Waals surface area contributed by atoms with Gasteiger partial charge in [-0.25, -0.2) is 41.2 Å². The number of imide groups is 1. The number of ether oxygens (including phenoxy) is 2. The van der Waals surface area contributed by atoms with Gasteiger partial charge in [-0.1, -0.05) is 0 Å². The predicted octanol–water partition coefficient (Wildman–Crippen LogP) is 4.60. The molecule has 2 atom stereocenters. The first kappa shape index (κ1) is 35.8. The molecule has 4 amide bonds. The fourth-order valence-electron chi connectivity index (χ4n) is 4.96. The molecule has 2 N–H and O–H groups in total. The number of hydrogen-bond acceptors (Lipinski definition) is 10. The number of methoxy groups -OCH3 is 1. The standard InChI is InChI=1S/C33H33F2N7O7S/c1-20(19-48-4)41-18-26(32(44)42(33(41)45)23-8-5-21(34)6-9-23)31(43)38-22-7-11-28(27(35)15-22)49-24-13-14-36-30(16-24)39-29-12-10-25(17-37-29)50(46,47)40(2)3/h5-17,20,26H,18-19H2,1-4H3,(H,38,43)(H,36,37,39)/t20-,26?/m0/s1. The predicted molar refractivity (Wildman–Crippen MR) is 179 cm³/mol. The lowest BCUT2D eigenvalue weighted by atomic mass is 10.0. The molecule has 0 radical (unpaired) electrons. The van der Waals surface area contributed by atoms with Crippen LogP contribution in [0, 0.1) is 17.6 Å². The van der Waals surface area contributed by atoms with E-state index in [9.17, 15) is 27.2 Å². The maximum atomic E-state index is 15.2. The van der Waals surface area contributed by atoms with Gasteiger partial charge >= 0.3 is 6.03 Å². The Morgan fingerprint density at radius 1 is 1.02 bits per heavy atom. The third-order valence-corrected chi connectivity index (χ3v) is 9.40. The smallest absolute Gasteiger partial charge is 0.331 e. The normalized spacial score (nSPS) is 15.6. The van der Waals surface area contributed by atoms with E-state index in [2.05, 4.69) is 20.6 Å². The van der Waals surface area contributed by atoms with Gasteiger partial charge in [0, 0.05) is 58.0 Å². The monoisotopic (exact) mass is 709 g/mol. The lowest BCUT2D eigenvalue weighted by molar-refractivity contribution is -0.132. The van der Waals surface area contributed by atoms with Crippen molar-refractivity contribution in [1.29, 1.82) is 0 Å². The first-order chi connectivity index (χ1) is 23.8. The summed E-state index contributed by atoms with van der Waals surface area (Å²) < 4.78 is 65.3. The first-order valence-corrected chi connectivity index (χ1v) is 16.5. The maximum absolute atomic E-state index is 15.2. The van der Waals surface area contributed by atoms with Crippen molar-refractivity contribution >= 4 is 50.9 Å². The van der Waals surface area contributed by atoms with Crippen molar-refractivity contribution in [2.75, 3.05) is 49.9 Å². The zero-order valence-corrected chi connectivity index (χ0v) is 28.1. The number of pyridine rings is 2. The topological polar surface area (TPSA) is 163 Å². The second-order valence-electron chi connectivity index (χ2n) is 11.3. The summed E-state index contributed by atoms with van der Waals surface area (Å²) in [5, 5.41) is 5.46. The van der Waals surface area contributed by atoms with Crippen LogP contribution in [0.2, 0.25) is 0 Å². The lowest BCUT2D eigenvalue weighted by Crippen LogP contribution is -2.62. The number of aromatic nitrogens is 2. The van der Waals surface area contributed by atoms with Gasteiger partial charge in [0.1, 0.15) is 34.0 Å². The Morgan fingerprint density at radius 3 is 2.40 bits per heavy atom. The van der Waals surface area contributed by atoms with Crippen molar-refractivity contribution in [3.8, 4) is 11.5 Å². The molecule has 0 bridgehead atoms. The van der Waals surface area contributed by atoms with Crippen LogP contribution < -0.4 is 20.3 Å². The highest BCUT2D eigenvalue weighted by Gasteiger charge is 2.45. The van der Waals surface area contributed by atoms with E-state index in [0.29, 0.717) is 5.82 Å². The Kier molecular flexibility index (Phi) is 10.7. The van der Waals surface area contributed by atoms with E-state index in [4.69, 9.17) is 9.47 Å². The second-order valence-corrected chi connectivity index (χ2v) is 13.5. The molecule has 2 aromatic heterocycles. The average molecular weight is 710 g/mol. The molecule has 5 rings (SSSR count). The van der Waals surface area contributed by atoms with E-state index in [1.807, 2.05) is 0 Å². The van der Waals surface area contributed by atoms with Gasteiger partial charge in [0.05, 0.1) is 18.3 Å². The van der Waals surface area contributed by atoms with Crippen molar-refractivity contribution in [1.82, 2.24) is 19.2 Å². The number of carbonyl (C=O) groups is 3. The average Bonchev–Trinajstić information content (AvgIpc) is 3.07. The third kappa shape index (κ3) is 7.85. The molecule has 0 saturated carbocycles. The number of anilines is 4. The number of sulfonamides is 1. The van der Waals surface area contributed by atoms with Crippen LogP contribution in [0.25, 0.3) is 0 Å². The molecule has 1 saturated heterocycles. The summed E-state index contributed by atoms with van der Waals surface area (Å²) in [7, 11) is 0.627. The van der Waals surface area contributed by atoms with E-state index < -0.39 is 51.5 Å². The molecular formula is C33H33F2N7O7S. The molecule has 262 valence electrons. The molecule has 0 aliphatic carbocycles. The molecule has 1 unspecified atom stereocenters. The number of hydrogen-bond donors (Lipinski definition) is 2. The van der Waals surface area contributed by atoms with Gasteiger partial charge in [0.15, 0.2) is 11.6 Å². The number of carbonyl (C=O) groups excluding carboxylic acids is 3. The zero-order valence-electron chi connectivity index (χ0n) is 27.3. The largest absolute Gasteiger partial charge is 0.454 e. The summed E-state index contributed by atoms with van der Waals surface area (Å²) in [5.74, 6) is -3.79. The van der Waals surface area contributed by atoms with E-state index in [1.54, 1.807) is 6.92 Å². The highest BCUT2D eigenvalue weighted by atomic mass is 32.2. The van der Waals surface area contributed by atoms with Crippen molar-refractivity contribution in [2.45, 2.75) is 17.9 Å². The Bertz CT molecular complexity index is 2000. The van der Waals surface area contributed by atoms with Gasteiger partial charge in [-0.2, -0.15) is 0 Å². The summed E-state index contributed by atoms with van der Waals surface area (Å²) in [5.41, 5.74) is 0.109. The first-order valence-electron chi connectivity index (χ1n) is 15.1. The van der Waals surface area contributed by atoms with Gasteiger partial charge in [0.2, 0.25) is 21.8 Å². The van der Waals surface area contributed by atoms with Crippen LogP contribution in [0.15, 0.2) is 84.0 Å². The number of nitrogens with zero attached hydrogens (tertiary/aromatic N) is 5. The number of rotatable bonds is 12. The van der Waals surface area contributed by atoms with Crippen molar-refractivity contribution in [3.63, 3.8) is 0 Å². The van der Waals surface area contributed by atoms with E-state index in [-0.39, 0.29) is 46.7 Å². The molecule has 50 heavy (non-hydrogen) atoms. The third-order valence-electron chi connectivity index (χ3n) is 7.61. The molecule has 2 aromatic carbocycles. The molecule has 1 fully saturated rings. The van der Waals surface area contributed by atoms with Gasteiger partial charge in [-0.3, -0.25) is 9.59 Å². The summed E-state index contributed by atoms with van der Waals surface area (Å²) in [6.45, 7) is 1.56. The van der Waals surface area contributed by atoms with Crippen molar-refractivity contribution in [2.24, 2.45) is 5.92 Å². The van der Waals surface area contributed by atoms with Crippen LogP contribution in [-0.2, 0) is 24.3 Å². The highest BCUT2D eigenvalue weighted by Crippen LogP contribution is 2.30. The van der Waals surface area contributed by atoms with E-state index in [0.717, 1.165) is 27.4 Å². The van der Waals surface area contributed by atoms with Crippen LogP contribution in [0.3, 0.4) is 0 Å². The Morgan fingerprint density at radius 2 is 1.76 bits per heavy atom. The number of nitrogens with one attached hydrogen (secondary N) is 2. The molecule has 4 aromatic rings. The molecular weight excluding hydrogens is 676 g/mol. The van der Waals surface area contributed by atoms with Crippen LogP contribution in [0.5, 0.6) is 11.5 Å². The summed E-state index contributed by atoms with van der Waals surface area (Å²) >= 11 is 0. The van der Waals surface area contributed by atoms with Gasteiger partial charge in [-0.05, 0) is 61.5 Å². The maximum Gasteiger partial charge on any atom is 0.331 e. The molecule has 17 heteroatoms. The minimum Gasteiger partial charge on any atom is -0.454 e. The summed E-state index contributed by atoms with van der Waals surface area (Å²) in [6.07, 6.45) is 2.61. The quantitative estimate of drug-likeness (QED) is 0.199.